The van der Waals surface area contributed by atoms with Crippen molar-refractivity contribution in [2.45, 2.75) is 52.9 Å². The maximum atomic E-state index is 10.6. The van der Waals surface area contributed by atoms with Crippen LogP contribution in [0.3, 0.4) is 0 Å². The van der Waals surface area contributed by atoms with Crippen molar-refractivity contribution in [3.63, 3.8) is 0 Å². The van der Waals surface area contributed by atoms with E-state index in [-0.39, 0.29) is 13.4 Å². The predicted octanol–water partition coefficient (Wildman–Crippen LogP) is 3.71. The lowest BCUT2D eigenvalue weighted by atomic mass is 10.1. The van der Waals surface area contributed by atoms with E-state index in [1.165, 1.54) is 31.8 Å². The quantitative estimate of drug-likeness (QED) is 0.339. The molecular weight excluding hydrogens is 176 g/mol. The molecule has 0 atom stereocenters. The summed E-state index contributed by atoms with van der Waals surface area (Å²) in [5.74, 6) is -0.312. The van der Waals surface area contributed by atoms with Gasteiger partial charge in [-0.1, -0.05) is 53.0 Å². The third-order valence-electron chi connectivity index (χ3n) is 1.91. The molecule has 0 rings (SSSR count). The van der Waals surface area contributed by atoms with E-state index in [1.807, 2.05) is 0 Å². The number of rotatable bonds is 8. The van der Waals surface area contributed by atoms with Crippen LogP contribution in [0.4, 0.5) is 0 Å². The summed E-state index contributed by atoms with van der Waals surface area (Å²) in [4.78, 5) is 10.6. The highest BCUT2D eigenvalue weighted by Crippen LogP contribution is 2.04. The zero-order valence-corrected chi connectivity index (χ0v) is 8.55. The molecule has 84 valence electrons. The fraction of sp³-hybridized carbons (Fsp3) is 0.750. The Hall–Kier alpha value is -0.790. The van der Waals surface area contributed by atoms with Crippen LogP contribution in [-0.4, -0.2) is 12.6 Å². The molecule has 0 saturated carbocycles. The van der Waals surface area contributed by atoms with E-state index in [0.717, 1.165) is 12.8 Å². The van der Waals surface area contributed by atoms with E-state index in [2.05, 4.69) is 13.5 Å². The molecule has 0 heterocycles. The number of carbonyl (C=O) groups is 1. The monoisotopic (exact) mass is 200 g/mol. The molecule has 0 bridgehead atoms. The molecule has 0 aliphatic heterocycles. The van der Waals surface area contributed by atoms with Crippen LogP contribution in [0.2, 0.25) is 0 Å². The topological polar surface area (TPSA) is 26.3 Å². The molecule has 0 N–H and O–H groups in total. The van der Waals surface area contributed by atoms with Gasteiger partial charge in [0.25, 0.3) is 0 Å². The Kier molecular flexibility index (Phi) is 13.7. The summed E-state index contributed by atoms with van der Waals surface area (Å²) < 4.78 is 4.84. The first-order valence-electron chi connectivity index (χ1n) is 5.10. The Morgan fingerprint density at radius 1 is 1.21 bits per heavy atom. The van der Waals surface area contributed by atoms with Crippen molar-refractivity contribution in [3.05, 3.63) is 12.7 Å². The van der Waals surface area contributed by atoms with Gasteiger partial charge >= 0.3 is 5.97 Å². The standard InChI is InChI=1S/C11H20O2.CH4/c1-3-5-6-7-8-9-10-13-11(12)4-2;/h4H,2-3,5-10H2,1H3;1H4. The van der Waals surface area contributed by atoms with Crippen LogP contribution in [-0.2, 0) is 9.53 Å². The Morgan fingerprint density at radius 3 is 2.36 bits per heavy atom. The first kappa shape index (κ1) is 15.7. The minimum absolute atomic E-state index is 0. The number of hydrogen-bond donors (Lipinski definition) is 0. The number of unbranched alkanes of at least 4 members (excludes halogenated alkanes) is 5. The third kappa shape index (κ3) is 11.2. The Morgan fingerprint density at radius 2 is 1.79 bits per heavy atom. The van der Waals surface area contributed by atoms with Crippen LogP contribution in [0, 0.1) is 0 Å². The first-order chi connectivity index (χ1) is 6.31. The van der Waals surface area contributed by atoms with Crippen LogP contribution in [0.15, 0.2) is 12.7 Å². The molecule has 2 nitrogen and oxygen atoms in total. The van der Waals surface area contributed by atoms with Crippen molar-refractivity contribution in [3.8, 4) is 0 Å². The summed E-state index contributed by atoms with van der Waals surface area (Å²) in [6.07, 6.45) is 8.47. The minimum Gasteiger partial charge on any atom is -0.463 e. The van der Waals surface area contributed by atoms with Gasteiger partial charge < -0.3 is 4.74 Å². The average molecular weight is 200 g/mol. The molecule has 0 radical (unpaired) electrons. The maximum Gasteiger partial charge on any atom is 0.330 e. The molecule has 0 fully saturated rings. The van der Waals surface area contributed by atoms with Gasteiger partial charge in [-0.25, -0.2) is 4.79 Å². The van der Waals surface area contributed by atoms with Crippen LogP contribution >= 0.6 is 0 Å². The second kappa shape index (κ2) is 12.2. The SMILES string of the molecule is C.C=CC(=O)OCCCCCCCC. The first-order valence-corrected chi connectivity index (χ1v) is 5.10. The molecule has 0 saturated heterocycles. The van der Waals surface area contributed by atoms with E-state index in [1.54, 1.807) is 0 Å². The van der Waals surface area contributed by atoms with Gasteiger partial charge in [0.2, 0.25) is 0 Å². The molecule has 0 aromatic rings. The third-order valence-corrected chi connectivity index (χ3v) is 1.91. The van der Waals surface area contributed by atoms with Gasteiger partial charge in [0.1, 0.15) is 0 Å². The van der Waals surface area contributed by atoms with Gasteiger partial charge in [0.05, 0.1) is 6.61 Å². The number of esters is 1. The van der Waals surface area contributed by atoms with E-state index < -0.39 is 0 Å². The zero-order chi connectivity index (χ0) is 9.94. The molecule has 0 aliphatic carbocycles. The highest BCUT2D eigenvalue weighted by atomic mass is 16.5. The van der Waals surface area contributed by atoms with E-state index in [0.29, 0.717) is 6.61 Å². The summed E-state index contributed by atoms with van der Waals surface area (Å²) in [7, 11) is 0. The summed E-state index contributed by atoms with van der Waals surface area (Å²) in [5.41, 5.74) is 0. The fourth-order valence-corrected chi connectivity index (χ4v) is 1.11. The fourth-order valence-electron chi connectivity index (χ4n) is 1.11. The van der Waals surface area contributed by atoms with Crippen molar-refractivity contribution in [1.29, 1.82) is 0 Å². The van der Waals surface area contributed by atoms with Crippen molar-refractivity contribution >= 4 is 5.97 Å². The van der Waals surface area contributed by atoms with Crippen LogP contribution < -0.4 is 0 Å². The van der Waals surface area contributed by atoms with Crippen molar-refractivity contribution < 1.29 is 9.53 Å². The number of ether oxygens (including phenoxy) is 1. The second-order valence-corrected chi connectivity index (χ2v) is 3.14. The van der Waals surface area contributed by atoms with E-state index >= 15 is 0 Å². The normalized spacial score (nSPS) is 8.93. The molecule has 0 amide bonds. The molecular formula is C12H24O2. The Bertz CT molecular complexity index is 141. The number of carbonyl (C=O) groups excluding carboxylic acids is 1. The maximum absolute atomic E-state index is 10.6. The van der Waals surface area contributed by atoms with Gasteiger partial charge in [-0.3, -0.25) is 0 Å². The van der Waals surface area contributed by atoms with Gasteiger partial charge in [-0.2, -0.15) is 0 Å². The van der Waals surface area contributed by atoms with Crippen molar-refractivity contribution in [2.24, 2.45) is 0 Å². The van der Waals surface area contributed by atoms with Crippen LogP contribution in [0.5, 0.6) is 0 Å². The van der Waals surface area contributed by atoms with Crippen LogP contribution in [0.25, 0.3) is 0 Å². The molecule has 2 heteroatoms. The van der Waals surface area contributed by atoms with E-state index in [9.17, 15) is 4.79 Å². The minimum atomic E-state index is -0.312. The second-order valence-electron chi connectivity index (χ2n) is 3.14. The van der Waals surface area contributed by atoms with Crippen molar-refractivity contribution in [1.82, 2.24) is 0 Å². The molecule has 0 spiro atoms. The van der Waals surface area contributed by atoms with Gasteiger partial charge in [-0.15, -0.1) is 0 Å². The molecule has 0 aromatic heterocycles. The summed E-state index contributed by atoms with van der Waals surface area (Å²) >= 11 is 0. The Labute approximate surface area is 88.3 Å². The molecule has 0 aromatic carbocycles. The van der Waals surface area contributed by atoms with Gasteiger partial charge in [0.15, 0.2) is 0 Å². The predicted molar refractivity (Wildman–Crippen MR) is 61.3 cm³/mol. The highest BCUT2D eigenvalue weighted by Gasteiger charge is 1.94. The number of hydrogen-bond acceptors (Lipinski definition) is 2. The molecule has 0 unspecified atom stereocenters. The molecule has 0 aliphatic rings. The van der Waals surface area contributed by atoms with E-state index in [4.69, 9.17) is 4.74 Å². The van der Waals surface area contributed by atoms with Crippen LogP contribution in [0.1, 0.15) is 52.9 Å². The average Bonchev–Trinajstić information content (AvgIpc) is 2.16. The lowest BCUT2D eigenvalue weighted by Crippen LogP contribution is -2.01. The summed E-state index contributed by atoms with van der Waals surface area (Å²) in [6.45, 7) is 6.06. The van der Waals surface area contributed by atoms with Crippen molar-refractivity contribution in [2.75, 3.05) is 6.61 Å². The summed E-state index contributed by atoms with van der Waals surface area (Å²) in [6, 6.07) is 0. The smallest absolute Gasteiger partial charge is 0.330 e. The highest BCUT2D eigenvalue weighted by molar-refractivity contribution is 5.81. The zero-order valence-electron chi connectivity index (χ0n) is 8.55. The summed E-state index contributed by atoms with van der Waals surface area (Å²) in [5, 5.41) is 0. The Balaban J connectivity index is 0. The lowest BCUT2D eigenvalue weighted by Gasteiger charge is -2.01. The largest absolute Gasteiger partial charge is 0.463 e. The molecule has 14 heavy (non-hydrogen) atoms. The lowest BCUT2D eigenvalue weighted by molar-refractivity contribution is -0.137. The van der Waals surface area contributed by atoms with Gasteiger partial charge in [0, 0.05) is 6.08 Å². The van der Waals surface area contributed by atoms with Gasteiger partial charge in [-0.05, 0) is 6.42 Å².